The molecule has 0 aliphatic carbocycles. The lowest BCUT2D eigenvalue weighted by Gasteiger charge is -2.25. The van der Waals surface area contributed by atoms with Gasteiger partial charge in [-0.1, -0.05) is 53.8 Å². The second-order valence-corrected chi connectivity index (χ2v) is 11.1. The number of furan rings is 1. The summed E-state index contributed by atoms with van der Waals surface area (Å²) in [5.74, 6) is 0.378. The Balaban J connectivity index is 1.37. The van der Waals surface area contributed by atoms with Crippen LogP contribution in [0.1, 0.15) is 34.6 Å². The number of methoxy groups -OCH3 is 1. The van der Waals surface area contributed by atoms with E-state index in [1.807, 2.05) is 54.6 Å². The number of nitrogens with zero attached hydrogens (tertiary/aromatic N) is 2. The first-order valence-corrected chi connectivity index (χ1v) is 15.1. The summed E-state index contributed by atoms with van der Waals surface area (Å²) in [4.78, 5) is 44.9. The number of rotatable bonds is 10. The molecule has 0 radical (unpaired) electrons. The molecule has 5 aromatic rings. The minimum Gasteiger partial charge on any atom is -0.460 e. The number of ether oxygens (including phenoxy) is 4. The Morgan fingerprint density at radius 2 is 1.70 bits per heavy atom. The Hall–Kier alpha value is -5.52. The predicted molar refractivity (Wildman–Crippen MR) is 170 cm³/mol. The fraction of sp³-hybridized carbons (Fsp3) is 0.143. The molecule has 10 nitrogen and oxygen atoms in total. The van der Waals surface area contributed by atoms with Gasteiger partial charge in [0.2, 0.25) is 5.76 Å². The summed E-state index contributed by atoms with van der Waals surface area (Å²) in [7, 11) is 1.51. The molecule has 3 heterocycles. The molecule has 0 spiro atoms. The SMILES string of the molecule is COCCOC(=O)C1=C(C)N=c2s/c(=C\c3cccc(Oc4ccccc4)c3)c(=O)n2C1c1ccc(OC(=O)c2ccco2)cc1. The first kappa shape index (κ1) is 30.5. The van der Waals surface area contributed by atoms with Gasteiger partial charge in [0.1, 0.15) is 23.9 Å². The van der Waals surface area contributed by atoms with Gasteiger partial charge in [0.25, 0.3) is 5.56 Å². The van der Waals surface area contributed by atoms with E-state index in [9.17, 15) is 14.4 Å². The van der Waals surface area contributed by atoms with Gasteiger partial charge in [-0.25, -0.2) is 14.6 Å². The third-order valence-electron chi connectivity index (χ3n) is 7.03. The number of esters is 2. The van der Waals surface area contributed by atoms with Crippen LogP contribution in [0.15, 0.2) is 123 Å². The van der Waals surface area contributed by atoms with Gasteiger partial charge in [0.05, 0.1) is 34.7 Å². The smallest absolute Gasteiger partial charge is 0.379 e. The highest BCUT2D eigenvalue weighted by molar-refractivity contribution is 7.07. The van der Waals surface area contributed by atoms with Gasteiger partial charge in [-0.15, -0.1) is 0 Å². The molecule has 1 atom stereocenters. The maximum absolute atomic E-state index is 14.0. The van der Waals surface area contributed by atoms with E-state index in [4.69, 9.17) is 23.4 Å². The summed E-state index contributed by atoms with van der Waals surface area (Å²) in [6.45, 7) is 1.96. The lowest BCUT2D eigenvalue weighted by atomic mass is 9.96. The van der Waals surface area contributed by atoms with Crippen molar-refractivity contribution >= 4 is 29.4 Å². The van der Waals surface area contributed by atoms with E-state index in [1.165, 1.54) is 35.3 Å². The van der Waals surface area contributed by atoms with Crippen molar-refractivity contribution in [3.8, 4) is 17.2 Å². The highest BCUT2D eigenvalue weighted by atomic mass is 32.1. The summed E-state index contributed by atoms with van der Waals surface area (Å²) >= 11 is 1.22. The van der Waals surface area contributed by atoms with Crippen molar-refractivity contribution in [2.24, 2.45) is 4.99 Å². The molecule has 11 heteroatoms. The number of carbonyl (C=O) groups is 2. The fourth-order valence-electron chi connectivity index (χ4n) is 4.91. The largest absolute Gasteiger partial charge is 0.460 e. The number of hydrogen-bond acceptors (Lipinski definition) is 10. The Labute approximate surface area is 267 Å². The fourth-order valence-corrected chi connectivity index (χ4v) is 5.95. The zero-order chi connectivity index (χ0) is 32.0. The average molecular weight is 637 g/mol. The standard InChI is InChI=1S/C35H28N2O8S/c1-22-30(34(40)43-19-18-41-2)31(24-13-15-26(16-14-24)45-33(39)28-12-7-17-42-28)37-32(38)29(46-35(37)36-22)21-23-8-6-11-27(20-23)44-25-9-4-3-5-10-25/h3-17,20-21,31H,18-19H2,1-2H3/b29-21-. The molecule has 6 rings (SSSR count). The minimum atomic E-state index is -0.851. The van der Waals surface area contributed by atoms with Gasteiger partial charge >= 0.3 is 11.9 Å². The molecule has 0 bridgehead atoms. The second kappa shape index (κ2) is 13.6. The minimum absolute atomic E-state index is 0.0340. The van der Waals surface area contributed by atoms with E-state index in [2.05, 4.69) is 4.99 Å². The number of thiazole rings is 1. The van der Waals surface area contributed by atoms with Crippen molar-refractivity contribution in [1.29, 1.82) is 0 Å². The molecule has 1 unspecified atom stereocenters. The van der Waals surface area contributed by atoms with Crippen molar-refractivity contribution in [3.05, 3.63) is 145 Å². The van der Waals surface area contributed by atoms with Crippen LogP contribution in [0, 0.1) is 0 Å². The van der Waals surface area contributed by atoms with Crippen LogP contribution >= 0.6 is 11.3 Å². The zero-order valence-corrected chi connectivity index (χ0v) is 25.7. The van der Waals surface area contributed by atoms with Crippen molar-refractivity contribution in [3.63, 3.8) is 0 Å². The number of aromatic nitrogens is 1. The molecule has 0 saturated carbocycles. The average Bonchev–Trinajstić information content (AvgIpc) is 3.70. The van der Waals surface area contributed by atoms with E-state index in [-0.39, 0.29) is 35.9 Å². The van der Waals surface area contributed by atoms with Gasteiger partial charge in [0, 0.05) is 7.11 Å². The molecule has 3 aromatic carbocycles. The molecule has 1 aliphatic heterocycles. The Morgan fingerprint density at radius 3 is 2.43 bits per heavy atom. The normalized spacial score (nSPS) is 14.4. The highest BCUT2D eigenvalue weighted by Crippen LogP contribution is 2.32. The van der Waals surface area contributed by atoms with E-state index in [0.717, 1.165) is 5.56 Å². The number of benzene rings is 3. The van der Waals surface area contributed by atoms with E-state index in [0.29, 0.717) is 32.1 Å². The summed E-state index contributed by atoms with van der Waals surface area (Å²) in [6.07, 6.45) is 3.15. The van der Waals surface area contributed by atoms with Crippen molar-refractivity contribution in [2.75, 3.05) is 20.3 Å². The van der Waals surface area contributed by atoms with Crippen LogP contribution in [0.3, 0.4) is 0 Å². The Bertz CT molecular complexity index is 2080. The van der Waals surface area contributed by atoms with E-state index >= 15 is 0 Å². The first-order valence-electron chi connectivity index (χ1n) is 14.3. The van der Waals surface area contributed by atoms with E-state index < -0.39 is 18.0 Å². The number of hydrogen-bond donors (Lipinski definition) is 0. The lowest BCUT2D eigenvalue weighted by molar-refractivity contribution is -0.140. The molecule has 2 aromatic heterocycles. The number of fused-ring (bicyclic) bond motifs is 1. The zero-order valence-electron chi connectivity index (χ0n) is 24.9. The third kappa shape index (κ3) is 6.60. The molecule has 0 fully saturated rings. The van der Waals surface area contributed by atoms with Crippen LogP contribution in [-0.2, 0) is 14.3 Å². The molecule has 0 amide bonds. The highest BCUT2D eigenvalue weighted by Gasteiger charge is 2.33. The summed E-state index contributed by atoms with van der Waals surface area (Å²) < 4.78 is 28.9. The van der Waals surface area contributed by atoms with Gasteiger partial charge in [-0.2, -0.15) is 0 Å². The van der Waals surface area contributed by atoms with Crippen LogP contribution < -0.4 is 24.4 Å². The maximum atomic E-state index is 14.0. The Morgan fingerprint density at radius 1 is 0.913 bits per heavy atom. The molecular weight excluding hydrogens is 608 g/mol. The quantitative estimate of drug-likeness (QED) is 0.119. The van der Waals surface area contributed by atoms with Crippen molar-refractivity contribution in [2.45, 2.75) is 13.0 Å². The predicted octanol–water partition coefficient (Wildman–Crippen LogP) is 5.03. The first-order chi connectivity index (χ1) is 22.4. The summed E-state index contributed by atoms with van der Waals surface area (Å²) in [5.41, 5.74) is 1.66. The number of para-hydroxylation sites is 1. The van der Waals surface area contributed by atoms with Crippen molar-refractivity contribution in [1.82, 2.24) is 4.57 Å². The van der Waals surface area contributed by atoms with Crippen molar-refractivity contribution < 1.29 is 33.0 Å². The topological polar surface area (TPSA) is 119 Å². The van der Waals surface area contributed by atoms with Crippen LogP contribution in [0.25, 0.3) is 6.08 Å². The lowest BCUT2D eigenvalue weighted by Crippen LogP contribution is -2.40. The van der Waals surface area contributed by atoms with Crippen LogP contribution in [0.4, 0.5) is 0 Å². The van der Waals surface area contributed by atoms with E-state index in [1.54, 1.807) is 43.3 Å². The third-order valence-corrected chi connectivity index (χ3v) is 8.01. The second-order valence-electron chi connectivity index (χ2n) is 10.1. The maximum Gasteiger partial charge on any atom is 0.379 e. The summed E-state index contributed by atoms with van der Waals surface area (Å²) in [5, 5.41) is 0. The van der Waals surface area contributed by atoms with Gasteiger partial charge < -0.3 is 23.4 Å². The number of allylic oxidation sites excluding steroid dienone is 1. The van der Waals surface area contributed by atoms with Gasteiger partial charge in [-0.3, -0.25) is 9.36 Å². The molecular formula is C35H28N2O8S. The molecule has 232 valence electrons. The van der Waals surface area contributed by atoms with Crippen LogP contribution in [0.5, 0.6) is 17.2 Å². The van der Waals surface area contributed by atoms with Gasteiger partial charge in [0.15, 0.2) is 4.80 Å². The Kier molecular flexibility index (Phi) is 9.04. The monoisotopic (exact) mass is 636 g/mol. The molecule has 1 aliphatic rings. The van der Waals surface area contributed by atoms with Crippen LogP contribution in [0.2, 0.25) is 0 Å². The molecule has 46 heavy (non-hydrogen) atoms. The molecule has 0 N–H and O–H groups in total. The van der Waals surface area contributed by atoms with Gasteiger partial charge in [-0.05, 0) is 72.7 Å². The number of carbonyl (C=O) groups excluding carboxylic acids is 2. The molecule has 0 saturated heterocycles. The summed E-state index contributed by atoms with van der Waals surface area (Å²) in [6, 6.07) is 25.6. The van der Waals surface area contributed by atoms with Crippen LogP contribution in [-0.4, -0.2) is 36.8 Å².